The maximum atomic E-state index is 12.8. The van der Waals surface area contributed by atoms with Gasteiger partial charge in [0.05, 0.1) is 29.2 Å². The van der Waals surface area contributed by atoms with Crippen molar-refractivity contribution in [2.45, 2.75) is 32.0 Å². The number of thiazole rings is 1. The third kappa shape index (κ3) is 6.12. The summed E-state index contributed by atoms with van der Waals surface area (Å²) in [5, 5.41) is 0.643. The van der Waals surface area contributed by atoms with Crippen LogP contribution in [0.25, 0.3) is 10.6 Å². The van der Waals surface area contributed by atoms with Crippen molar-refractivity contribution in [3.05, 3.63) is 106 Å². The van der Waals surface area contributed by atoms with Gasteiger partial charge in [0.15, 0.2) is 0 Å². The molecular formula is C28H24F3NO3S. The molecule has 0 aliphatic carbocycles. The molecule has 4 nitrogen and oxygen atoms in total. The molecule has 0 bridgehead atoms. The molecule has 1 unspecified atom stereocenters. The first kappa shape index (κ1) is 25.4. The molecule has 0 spiro atoms. The van der Waals surface area contributed by atoms with Crippen LogP contribution in [0.1, 0.15) is 33.2 Å². The van der Waals surface area contributed by atoms with Crippen molar-refractivity contribution in [3.8, 4) is 16.3 Å². The van der Waals surface area contributed by atoms with Crippen LogP contribution in [0.15, 0.2) is 78.9 Å². The molecule has 3 aromatic carbocycles. The topological polar surface area (TPSA) is 48.4 Å². The number of alkyl halides is 3. The van der Waals surface area contributed by atoms with E-state index in [0.717, 1.165) is 33.8 Å². The smallest absolute Gasteiger partial charge is 0.416 e. The first-order chi connectivity index (χ1) is 17.2. The number of benzene rings is 3. The Balaban J connectivity index is 1.40. The second-order valence-electron chi connectivity index (χ2n) is 8.23. The summed E-state index contributed by atoms with van der Waals surface area (Å²) in [5.74, 6) is -0.0190. The molecule has 4 rings (SSSR count). The number of ether oxygens (including phenoxy) is 2. The van der Waals surface area contributed by atoms with Gasteiger partial charge >= 0.3 is 12.1 Å². The van der Waals surface area contributed by atoms with Gasteiger partial charge in [-0.15, -0.1) is 11.3 Å². The van der Waals surface area contributed by atoms with Crippen LogP contribution >= 0.6 is 11.3 Å². The van der Waals surface area contributed by atoms with Crippen LogP contribution in [0, 0.1) is 6.92 Å². The highest BCUT2D eigenvalue weighted by atomic mass is 32.1. The first-order valence-electron chi connectivity index (χ1n) is 11.2. The zero-order valence-corrected chi connectivity index (χ0v) is 20.5. The molecule has 0 aliphatic rings. The van der Waals surface area contributed by atoms with Crippen LogP contribution in [-0.4, -0.2) is 18.1 Å². The molecule has 36 heavy (non-hydrogen) atoms. The summed E-state index contributed by atoms with van der Waals surface area (Å²) in [6, 6.07) is 22.0. The Morgan fingerprint density at radius 1 is 0.972 bits per heavy atom. The molecule has 0 saturated carbocycles. The van der Waals surface area contributed by atoms with Gasteiger partial charge in [0.2, 0.25) is 0 Å². The molecule has 1 aromatic heterocycles. The number of carbonyl (C=O) groups is 1. The maximum Gasteiger partial charge on any atom is 0.416 e. The summed E-state index contributed by atoms with van der Waals surface area (Å²) in [6.45, 7) is 2.14. The molecule has 4 aromatic rings. The number of rotatable bonds is 8. The van der Waals surface area contributed by atoms with E-state index in [-0.39, 0.29) is 12.6 Å². The number of aryl methyl sites for hydroxylation is 1. The summed E-state index contributed by atoms with van der Waals surface area (Å²) in [7, 11) is 1.39. The van der Waals surface area contributed by atoms with Crippen LogP contribution in [0.2, 0.25) is 0 Å². The first-order valence-corrected chi connectivity index (χ1v) is 12.0. The Morgan fingerprint density at radius 3 is 2.25 bits per heavy atom. The van der Waals surface area contributed by atoms with Crippen LogP contribution in [-0.2, 0) is 28.7 Å². The normalized spacial score (nSPS) is 12.2. The number of methoxy groups -OCH3 is 1. The van der Waals surface area contributed by atoms with E-state index in [4.69, 9.17) is 9.47 Å². The SMILES string of the molecule is COC(=O)C(Cc1ccc(OCc2sc(-c3ccc(C(F)(F)F)cc3)nc2C)cc1)c1ccccc1. The fourth-order valence-electron chi connectivity index (χ4n) is 3.76. The third-order valence-corrected chi connectivity index (χ3v) is 6.95. The van der Waals surface area contributed by atoms with E-state index in [1.54, 1.807) is 0 Å². The highest BCUT2D eigenvalue weighted by Crippen LogP contribution is 2.33. The Labute approximate surface area is 211 Å². The van der Waals surface area contributed by atoms with Crippen molar-refractivity contribution >= 4 is 17.3 Å². The van der Waals surface area contributed by atoms with Crippen molar-refractivity contribution in [3.63, 3.8) is 0 Å². The van der Waals surface area contributed by atoms with Gasteiger partial charge in [0, 0.05) is 5.56 Å². The quantitative estimate of drug-likeness (QED) is 0.235. The lowest BCUT2D eigenvalue weighted by Crippen LogP contribution is -2.16. The zero-order valence-electron chi connectivity index (χ0n) is 19.7. The van der Waals surface area contributed by atoms with Crippen LogP contribution < -0.4 is 4.74 Å². The van der Waals surface area contributed by atoms with E-state index in [1.807, 2.05) is 61.5 Å². The zero-order chi connectivity index (χ0) is 25.7. The standard InChI is InChI=1S/C28H24F3NO3S/c1-18-25(36-26(32-18)21-10-12-22(13-11-21)28(29,30)31)17-35-23-14-8-19(9-15-23)16-24(27(33)34-2)20-6-4-3-5-7-20/h3-15,24H,16-17H2,1-2H3. The van der Waals surface area contributed by atoms with Gasteiger partial charge in [-0.2, -0.15) is 13.2 Å². The maximum absolute atomic E-state index is 12.8. The monoisotopic (exact) mass is 511 g/mol. The largest absolute Gasteiger partial charge is 0.488 e. The second-order valence-corrected chi connectivity index (χ2v) is 9.31. The fraction of sp³-hybridized carbons (Fsp3) is 0.214. The number of halogens is 3. The molecule has 1 heterocycles. The predicted octanol–water partition coefficient (Wildman–Crippen LogP) is 7.22. The van der Waals surface area contributed by atoms with Crippen LogP contribution in [0.4, 0.5) is 13.2 Å². The molecule has 0 fully saturated rings. The Kier molecular flexibility index (Phi) is 7.74. The highest BCUT2D eigenvalue weighted by molar-refractivity contribution is 7.15. The second kappa shape index (κ2) is 11.0. The van der Waals surface area contributed by atoms with Crippen molar-refractivity contribution in [2.24, 2.45) is 0 Å². The molecule has 0 aliphatic heterocycles. The summed E-state index contributed by atoms with van der Waals surface area (Å²) in [4.78, 5) is 17.7. The summed E-state index contributed by atoms with van der Waals surface area (Å²) in [6.07, 6.45) is -3.87. The molecule has 0 amide bonds. The molecular weight excluding hydrogens is 487 g/mol. The molecule has 0 radical (unpaired) electrons. The number of hydrogen-bond acceptors (Lipinski definition) is 5. The molecule has 1 atom stereocenters. The van der Waals surface area contributed by atoms with E-state index >= 15 is 0 Å². The number of nitrogens with zero attached hydrogens (tertiary/aromatic N) is 1. The van der Waals surface area contributed by atoms with Gasteiger partial charge < -0.3 is 9.47 Å². The molecule has 0 saturated heterocycles. The predicted molar refractivity (Wildman–Crippen MR) is 133 cm³/mol. The minimum Gasteiger partial charge on any atom is -0.488 e. The van der Waals surface area contributed by atoms with Gasteiger partial charge in [-0.25, -0.2) is 4.98 Å². The number of aromatic nitrogens is 1. The number of esters is 1. The van der Waals surface area contributed by atoms with E-state index in [0.29, 0.717) is 22.7 Å². The average molecular weight is 512 g/mol. The molecule has 0 N–H and O–H groups in total. The van der Waals surface area contributed by atoms with Gasteiger partial charge in [0.25, 0.3) is 0 Å². The Hall–Kier alpha value is -3.65. The Bertz CT molecular complexity index is 1300. The van der Waals surface area contributed by atoms with Gasteiger partial charge in [0.1, 0.15) is 17.4 Å². The molecule has 8 heteroatoms. The lowest BCUT2D eigenvalue weighted by atomic mass is 9.92. The minimum atomic E-state index is -4.37. The van der Waals surface area contributed by atoms with Crippen LogP contribution in [0.3, 0.4) is 0 Å². The highest BCUT2D eigenvalue weighted by Gasteiger charge is 2.30. The van der Waals surface area contributed by atoms with E-state index in [9.17, 15) is 18.0 Å². The third-order valence-electron chi connectivity index (χ3n) is 5.77. The Morgan fingerprint density at radius 2 is 1.64 bits per heavy atom. The minimum absolute atomic E-state index is 0.286. The lowest BCUT2D eigenvalue weighted by molar-refractivity contribution is -0.142. The van der Waals surface area contributed by atoms with Gasteiger partial charge in [-0.1, -0.05) is 54.6 Å². The summed E-state index contributed by atoms with van der Waals surface area (Å²) < 4.78 is 49.4. The molecule has 186 valence electrons. The fourth-order valence-corrected chi connectivity index (χ4v) is 4.74. The van der Waals surface area contributed by atoms with Crippen molar-refractivity contribution in [1.82, 2.24) is 4.98 Å². The average Bonchev–Trinajstić information content (AvgIpc) is 3.26. The van der Waals surface area contributed by atoms with E-state index < -0.39 is 17.7 Å². The van der Waals surface area contributed by atoms with E-state index in [2.05, 4.69) is 4.98 Å². The van der Waals surface area contributed by atoms with Gasteiger partial charge in [-0.05, 0) is 48.7 Å². The number of hydrogen-bond donors (Lipinski definition) is 0. The summed E-state index contributed by atoms with van der Waals surface area (Å²) >= 11 is 1.39. The van der Waals surface area contributed by atoms with Crippen molar-refractivity contribution < 1.29 is 27.4 Å². The lowest BCUT2D eigenvalue weighted by Gasteiger charge is -2.15. The summed E-state index contributed by atoms with van der Waals surface area (Å²) in [5.41, 5.74) is 2.59. The number of carbonyl (C=O) groups excluding carboxylic acids is 1. The van der Waals surface area contributed by atoms with Crippen LogP contribution in [0.5, 0.6) is 5.75 Å². The van der Waals surface area contributed by atoms with E-state index in [1.165, 1.54) is 30.6 Å². The van der Waals surface area contributed by atoms with Gasteiger partial charge in [-0.3, -0.25) is 4.79 Å². The van der Waals surface area contributed by atoms with Crippen molar-refractivity contribution in [1.29, 1.82) is 0 Å². The van der Waals surface area contributed by atoms with Crippen molar-refractivity contribution in [2.75, 3.05) is 7.11 Å².